The molecule has 15 rings (SSSR count). The molecule has 0 spiro atoms. The highest BCUT2D eigenvalue weighted by atomic mass is 16.3. The molecule has 0 aliphatic rings. The molecule has 4 aromatic heterocycles. The molecule has 0 unspecified atom stereocenters. The van der Waals surface area contributed by atoms with Gasteiger partial charge in [-0.3, -0.25) is 0 Å². The largest absolute Gasteiger partial charge is 0.456 e. The van der Waals surface area contributed by atoms with Crippen molar-refractivity contribution in [3.63, 3.8) is 0 Å². The van der Waals surface area contributed by atoms with Crippen LogP contribution in [0.4, 0.5) is 0 Å². The lowest BCUT2D eigenvalue weighted by Crippen LogP contribution is -2.00. The van der Waals surface area contributed by atoms with Gasteiger partial charge in [0.2, 0.25) is 0 Å². The maximum Gasteiger partial charge on any atom is 0.164 e. The van der Waals surface area contributed by atoms with Gasteiger partial charge in [-0.05, 0) is 62.6 Å². The highest BCUT2D eigenvalue weighted by molar-refractivity contribution is 6.30. The standard InChI is InChI=1S/C64H36N4O2/c1-2-15-38(16-3-1)62-66-63(68-64(67-62)40-33-34-45-43-19-5-4-17-41(43)42-18-6-7-20-44(42)51(45)35-40)39-31-29-37(30-32-39)60-52-36-56-58(49-23-10-13-28-55(49)69-56)59(57(52)48-22-8-11-26-53(48)65-60)50-25-14-24-47-46-21-9-12-27-54(46)70-61(47)50/h1-36H. The van der Waals surface area contributed by atoms with Gasteiger partial charge in [0.15, 0.2) is 17.5 Å². The first-order valence-electron chi connectivity index (χ1n) is 23.5. The minimum atomic E-state index is 0.584. The molecule has 0 atom stereocenters. The Bertz CT molecular complexity index is 4610. The van der Waals surface area contributed by atoms with Gasteiger partial charge in [-0.1, -0.05) is 188 Å². The van der Waals surface area contributed by atoms with Crippen LogP contribution < -0.4 is 0 Å². The number of fused-ring (bicyclic) bond motifs is 15. The van der Waals surface area contributed by atoms with Crippen molar-refractivity contribution in [2.24, 2.45) is 0 Å². The molecule has 15 aromatic rings. The van der Waals surface area contributed by atoms with E-state index >= 15 is 0 Å². The summed E-state index contributed by atoms with van der Waals surface area (Å²) in [5, 5.41) is 14.6. The van der Waals surface area contributed by atoms with Crippen molar-refractivity contribution in [1.82, 2.24) is 19.9 Å². The maximum absolute atomic E-state index is 6.77. The molecule has 0 bridgehead atoms. The summed E-state index contributed by atoms with van der Waals surface area (Å²) >= 11 is 0. The van der Waals surface area contributed by atoms with Gasteiger partial charge >= 0.3 is 0 Å². The fraction of sp³-hybridized carbons (Fsp3) is 0. The molecule has 0 saturated carbocycles. The zero-order chi connectivity index (χ0) is 45.9. The number of furan rings is 2. The third-order valence-corrected chi connectivity index (χ3v) is 14.1. The van der Waals surface area contributed by atoms with Gasteiger partial charge in [-0.15, -0.1) is 0 Å². The van der Waals surface area contributed by atoms with Gasteiger partial charge in [0, 0.05) is 71.1 Å². The molecule has 0 amide bonds. The van der Waals surface area contributed by atoms with Crippen molar-refractivity contribution in [2.45, 2.75) is 0 Å². The maximum atomic E-state index is 6.77. The normalized spacial score (nSPS) is 12.0. The third kappa shape index (κ3) is 5.80. The second-order valence-electron chi connectivity index (χ2n) is 18.0. The quantitative estimate of drug-likeness (QED) is 0.160. The Hall–Kier alpha value is -9.52. The topological polar surface area (TPSA) is 77.8 Å². The van der Waals surface area contributed by atoms with Crippen LogP contribution in [0.1, 0.15) is 0 Å². The Balaban J connectivity index is 0.935. The summed E-state index contributed by atoms with van der Waals surface area (Å²) in [6.45, 7) is 0. The Labute approximate surface area is 399 Å². The van der Waals surface area contributed by atoms with E-state index in [2.05, 4.69) is 164 Å². The first-order valence-corrected chi connectivity index (χ1v) is 23.5. The summed E-state index contributed by atoms with van der Waals surface area (Å²) in [6.07, 6.45) is 0. The fourth-order valence-electron chi connectivity index (χ4n) is 10.9. The van der Waals surface area contributed by atoms with Crippen LogP contribution in [0, 0.1) is 0 Å². The Morgan fingerprint density at radius 3 is 1.50 bits per heavy atom. The molecule has 11 aromatic carbocycles. The number of rotatable bonds is 5. The highest BCUT2D eigenvalue weighted by Gasteiger charge is 2.25. The van der Waals surface area contributed by atoms with Gasteiger partial charge < -0.3 is 8.83 Å². The van der Waals surface area contributed by atoms with E-state index in [1.807, 2.05) is 54.6 Å². The van der Waals surface area contributed by atoms with Crippen LogP contribution in [0.2, 0.25) is 0 Å². The van der Waals surface area contributed by atoms with Gasteiger partial charge in [0.1, 0.15) is 22.3 Å². The zero-order valence-electron chi connectivity index (χ0n) is 37.4. The van der Waals surface area contributed by atoms with E-state index in [0.717, 1.165) is 110 Å². The molecule has 70 heavy (non-hydrogen) atoms. The molecule has 0 N–H and O–H groups in total. The average Bonchev–Trinajstić information content (AvgIpc) is 4.01. The smallest absolute Gasteiger partial charge is 0.164 e. The lowest BCUT2D eigenvalue weighted by Gasteiger charge is -2.16. The number of hydrogen-bond donors (Lipinski definition) is 0. The first kappa shape index (κ1) is 38.6. The number of aromatic nitrogens is 4. The Kier molecular flexibility index (Phi) is 8.26. The van der Waals surface area contributed by atoms with E-state index in [9.17, 15) is 0 Å². The van der Waals surface area contributed by atoms with Gasteiger partial charge in [-0.25, -0.2) is 19.9 Å². The van der Waals surface area contributed by atoms with E-state index in [-0.39, 0.29) is 0 Å². The lowest BCUT2D eigenvalue weighted by atomic mass is 9.89. The summed E-state index contributed by atoms with van der Waals surface area (Å²) in [4.78, 5) is 20.9. The van der Waals surface area contributed by atoms with Crippen LogP contribution in [0.15, 0.2) is 227 Å². The van der Waals surface area contributed by atoms with E-state index < -0.39 is 0 Å². The van der Waals surface area contributed by atoms with E-state index in [1.165, 1.54) is 26.9 Å². The summed E-state index contributed by atoms with van der Waals surface area (Å²) in [6, 6.07) is 76.1. The molecule has 0 aliphatic carbocycles. The molecular weight excluding hydrogens is 857 g/mol. The zero-order valence-corrected chi connectivity index (χ0v) is 37.4. The van der Waals surface area contributed by atoms with Crippen molar-refractivity contribution < 1.29 is 8.83 Å². The van der Waals surface area contributed by atoms with Crippen LogP contribution in [-0.4, -0.2) is 19.9 Å². The second kappa shape index (κ2) is 15.0. The van der Waals surface area contributed by atoms with Gasteiger partial charge in [0.25, 0.3) is 0 Å². The molecule has 0 saturated heterocycles. The minimum Gasteiger partial charge on any atom is -0.456 e. The summed E-state index contributed by atoms with van der Waals surface area (Å²) < 4.78 is 13.5. The predicted molar refractivity (Wildman–Crippen MR) is 287 cm³/mol. The van der Waals surface area contributed by atoms with Crippen LogP contribution in [0.25, 0.3) is 154 Å². The minimum absolute atomic E-state index is 0.584. The van der Waals surface area contributed by atoms with Crippen LogP contribution in [-0.2, 0) is 0 Å². The number of pyridine rings is 1. The van der Waals surface area contributed by atoms with Crippen molar-refractivity contribution in [2.75, 3.05) is 0 Å². The highest BCUT2D eigenvalue weighted by Crippen LogP contribution is 2.49. The molecular formula is C64H36N4O2. The average molecular weight is 893 g/mol. The summed E-state index contributed by atoms with van der Waals surface area (Å²) in [5.41, 5.74) is 10.8. The van der Waals surface area contributed by atoms with E-state index in [4.69, 9.17) is 28.8 Å². The van der Waals surface area contributed by atoms with Crippen molar-refractivity contribution >= 4 is 97.9 Å². The monoisotopic (exact) mass is 892 g/mol. The summed E-state index contributed by atoms with van der Waals surface area (Å²) in [7, 11) is 0. The predicted octanol–water partition coefficient (Wildman–Crippen LogP) is 17.2. The molecule has 0 aliphatic heterocycles. The van der Waals surface area contributed by atoms with E-state index in [1.54, 1.807) is 0 Å². The summed E-state index contributed by atoms with van der Waals surface area (Å²) in [5.74, 6) is 1.80. The third-order valence-electron chi connectivity index (χ3n) is 14.1. The molecule has 6 heteroatoms. The molecule has 4 heterocycles. The van der Waals surface area contributed by atoms with Crippen molar-refractivity contribution in [3.05, 3.63) is 218 Å². The van der Waals surface area contributed by atoms with Crippen molar-refractivity contribution in [1.29, 1.82) is 0 Å². The molecule has 0 fully saturated rings. The Morgan fingerprint density at radius 2 is 0.786 bits per heavy atom. The number of hydrogen-bond acceptors (Lipinski definition) is 6. The SMILES string of the molecule is c1ccc(-c2nc(-c3ccc(-c4nc5ccccc5c5c(-c6cccc7c6oc6ccccc67)c6c(cc45)oc4ccccc46)cc3)nc(-c3ccc4c5ccccc5c5ccccc5c4c3)n2)cc1. The molecule has 6 nitrogen and oxygen atoms in total. The second-order valence-corrected chi connectivity index (χ2v) is 18.0. The van der Waals surface area contributed by atoms with Crippen LogP contribution >= 0.6 is 0 Å². The Morgan fingerprint density at radius 1 is 0.271 bits per heavy atom. The van der Waals surface area contributed by atoms with Crippen molar-refractivity contribution in [3.8, 4) is 56.5 Å². The molecule has 0 radical (unpaired) electrons. The number of benzene rings is 11. The molecule has 324 valence electrons. The number of nitrogens with zero attached hydrogens (tertiary/aromatic N) is 4. The van der Waals surface area contributed by atoms with Gasteiger partial charge in [0.05, 0.1) is 11.2 Å². The van der Waals surface area contributed by atoms with Crippen LogP contribution in [0.5, 0.6) is 0 Å². The van der Waals surface area contributed by atoms with E-state index in [0.29, 0.717) is 17.5 Å². The number of para-hydroxylation sites is 4. The fourth-order valence-corrected chi connectivity index (χ4v) is 10.9. The van der Waals surface area contributed by atoms with Crippen LogP contribution in [0.3, 0.4) is 0 Å². The first-order chi connectivity index (χ1) is 34.7. The lowest BCUT2D eigenvalue weighted by molar-refractivity contribution is 0.669. The van der Waals surface area contributed by atoms with Gasteiger partial charge in [-0.2, -0.15) is 0 Å².